The van der Waals surface area contributed by atoms with Gasteiger partial charge in [0.1, 0.15) is 5.56 Å². The Morgan fingerprint density at radius 3 is 2.16 bits per heavy atom. The Bertz CT molecular complexity index is 1010. The highest BCUT2D eigenvalue weighted by molar-refractivity contribution is 5.97. The van der Waals surface area contributed by atoms with Crippen molar-refractivity contribution in [3.63, 3.8) is 0 Å². The summed E-state index contributed by atoms with van der Waals surface area (Å²) in [6.45, 7) is 0.816. The third kappa shape index (κ3) is 5.66. The Hall–Kier alpha value is -3.74. The maximum atomic E-state index is 13.1. The molecule has 0 aliphatic rings. The van der Waals surface area contributed by atoms with Crippen LogP contribution in [-0.2, 0) is 11.0 Å². The number of nitrogens with zero attached hydrogens (tertiary/aromatic N) is 3. The van der Waals surface area contributed by atoms with Crippen molar-refractivity contribution in [2.45, 2.75) is 18.7 Å². The number of benzene rings is 2. The van der Waals surface area contributed by atoms with Crippen LogP contribution in [0.3, 0.4) is 0 Å². The van der Waals surface area contributed by atoms with E-state index in [1.807, 2.05) is 0 Å². The van der Waals surface area contributed by atoms with Crippen molar-refractivity contribution >= 4 is 28.7 Å². The number of alkyl halides is 3. The lowest BCUT2D eigenvalue weighted by Gasteiger charge is -2.29. The van der Waals surface area contributed by atoms with Crippen LogP contribution in [0.5, 0.6) is 0 Å². The molecule has 0 spiro atoms. The molecule has 13 heteroatoms. The van der Waals surface area contributed by atoms with Crippen LogP contribution in [0.15, 0.2) is 42.5 Å². The Morgan fingerprint density at radius 1 is 1.10 bits per heavy atom. The maximum absolute atomic E-state index is 13.1. The lowest BCUT2D eigenvalue weighted by atomic mass is 10.0. The van der Waals surface area contributed by atoms with E-state index in [0.29, 0.717) is 17.8 Å². The number of non-ortho nitro benzene ring substituents is 1. The second-order valence-corrected chi connectivity index (χ2v) is 6.84. The molecule has 0 aliphatic heterocycles. The minimum Gasteiger partial charge on any atom is -0.378 e. The maximum Gasteiger partial charge on any atom is 0.423 e. The highest BCUT2D eigenvalue weighted by atomic mass is 19.4. The first-order valence-electron chi connectivity index (χ1n) is 8.57. The number of hydrogen-bond acceptors (Lipinski definition) is 7. The van der Waals surface area contributed by atoms with Gasteiger partial charge >= 0.3 is 6.18 Å². The van der Waals surface area contributed by atoms with Gasteiger partial charge in [-0.1, -0.05) is 0 Å². The molecule has 10 nitrogen and oxygen atoms in total. The van der Waals surface area contributed by atoms with E-state index in [0.717, 1.165) is 13.0 Å². The summed E-state index contributed by atoms with van der Waals surface area (Å²) in [5, 5.41) is 34.1. The summed E-state index contributed by atoms with van der Waals surface area (Å²) in [6.07, 6.45) is -5.03. The highest BCUT2D eigenvalue weighted by Crippen LogP contribution is 2.37. The molecule has 0 heterocycles. The molecule has 1 atom stereocenters. The molecule has 2 N–H and O–H groups in total. The minimum absolute atomic E-state index is 0.153. The van der Waals surface area contributed by atoms with Crippen LogP contribution in [0, 0.1) is 20.2 Å². The third-order valence-electron chi connectivity index (χ3n) is 4.29. The quantitative estimate of drug-likeness (QED) is 0.495. The first-order chi connectivity index (χ1) is 14.2. The summed E-state index contributed by atoms with van der Waals surface area (Å²) in [5.74, 6) is -1.05. The van der Waals surface area contributed by atoms with Gasteiger partial charge in [-0.2, -0.15) is 13.2 Å². The van der Waals surface area contributed by atoms with Crippen molar-refractivity contribution in [3.05, 3.63) is 68.3 Å². The molecule has 0 aliphatic carbocycles. The fraction of sp³-hybridized carbons (Fsp3) is 0.278. The highest BCUT2D eigenvalue weighted by Gasteiger charge is 2.39. The number of likely N-dealkylation sites (N-methyl/N-ethyl adjacent to an activating group) is 1. The number of carbonyl (C=O) groups excluding carboxylic acids is 1. The van der Waals surface area contributed by atoms with Crippen LogP contribution in [0.4, 0.5) is 35.9 Å². The Kier molecular flexibility index (Phi) is 6.49. The number of hydrogen-bond donors (Lipinski definition) is 2. The Balaban J connectivity index is 2.18. The lowest BCUT2D eigenvalue weighted by molar-refractivity contribution is -0.388. The number of halogens is 3. The summed E-state index contributed by atoms with van der Waals surface area (Å²) in [5.41, 5.74) is -4.90. The monoisotopic (exact) mass is 442 g/mol. The fourth-order valence-electron chi connectivity index (χ4n) is 2.72. The predicted molar refractivity (Wildman–Crippen MR) is 104 cm³/mol. The van der Waals surface area contributed by atoms with E-state index in [1.54, 1.807) is 0 Å². The van der Waals surface area contributed by atoms with Gasteiger partial charge in [0.05, 0.1) is 16.4 Å². The van der Waals surface area contributed by atoms with Crippen molar-refractivity contribution in [1.82, 2.24) is 0 Å². The van der Waals surface area contributed by atoms with Crippen molar-refractivity contribution in [2.24, 2.45) is 0 Å². The van der Waals surface area contributed by atoms with Gasteiger partial charge in [-0.05, 0) is 31.2 Å². The zero-order chi connectivity index (χ0) is 23.6. The van der Waals surface area contributed by atoms with E-state index in [2.05, 4.69) is 5.32 Å². The van der Waals surface area contributed by atoms with Crippen LogP contribution in [0.25, 0.3) is 0 Å². The predicted octanol–water partition coefficient (Wildman–Crippen LogP) is 3.35. The molecule has 1 amide bonds. The van der Waals surface area contributed by atoms with Crippen LogP contribution in [0.2, 0.25) is 0 Å². The number of nitro benzene ring substituents is 2. The van der Waals surface area contributed by atoms with Crippen LogP contribution < -0.4 is 10.2 Å². The number of anilines is 2. The van der Waals surface area contributed by atoms with Crippen molar-refractivity contribution in [2.75, 3.05) is 23.8 Å². The molecular weight excluding hydrogens is 425 g/mol. The normalized spacial score (nSPS) is 13.2. The molecule has 0 unspecified atom stereocenters. The number of nitrogens with one attached hydrogen (secondary N) is 1. The molecule has 0 saturated heterocycles. The molecule has 0 fully saturated rings. The molecule has 2 aromatic carbocycles. The van der Waals surface area contributed by atoms with Gasteiger partial charge in [-0.3, -0.25) is 25.0 Å². The van der Waals surface area contributed by atoms with E-state index in [1.165, 1.54) is 36.2 Å². The number of aliphatic hydroxyl groups is 1. The summed E-state index contributed by atoms with van der Waals surface area (Å²) in [4.78, 5) is 33.6. The van der Waals surface area contributed by atoms with Gasteiger partial charge in [0.2, 0.25) is 0 Å². The first-order valence-corrected chi connectivity index (χ1v) is 8.57. The Morgan fingerprint density at radius 2 is 1.68 bits per heavy atom. The van der Waals surface area contributed by atoms with Crippen molar-refractivity contribution < 1.29 is 32.9 Å². The number of rotatable bonds is 7. The second-order valence-electron chi connectivity index (χ2n) is 6.84. The average molecular weight is 442 g/mol. The summed E-state index contributed by atoms with van der Waals surface area (Å²) < 4.78 is 39.2. The lowest BCUT2D eigenvalue weighted by Crippen LogP contribution is -2.48. The molecule has 0 bridgehead atoms. The van der Waals surface area contributed by atoms with Gasteiger partial charge < -0.3 is 15.3 Å². The zero-order valence-electron chi connectivity index (χ0n) is 16.2. The van der Waals surface area contributed by atoms with Gasteiger partial charge in [0.15, 0.2) is 5.60 Å². The number of carbonyl (C=O) groups is 1. The standard InChI is InChI=1S/C18H17F3N4O6/c1-17(27,10-23(2)12-4-6-13(7-5-12)24(28)29)16(26)22-11-3-8-15(25(30)31)14(9-11)18(19,20)21/h3-9,27H,10H2,1-2H3,(H,22,26)/t17-/m0/s1. The molecule has 2 rings (SSSR count). The van der Waals surface area contributed by atoms with Crippen LogP contribution in [-0.4, -0.2) is 40.1 Å². The van der Waals surface area contributed by atoms with Crippen molar-refractivity contribution in [3.8, 4) is 0 Å². The average Bonchev–Trinajstić information content (AvgIpc) is 2.66. The van der Waals surface area contributed by atoms with E-state index in [-0.39, 0.29) is 17.9 Å². The molecule has 0 aromatic heterocycles. The second kappa shape index (κ2) is 8.55. The summed E-state index contributed by atoms with van der Waals surface area (Å²) >= 11 is 0. The van der Waals surface area contributed by atoms with Gasteiger partial charge in [0, 0.05) is 36.6 Å². The van der Waals surface area contributed by atoms with Crippen LogP contribution in [0.1, 0.15) is 12.5 Å². The summed E-state index contributed by atoms with van der Waals surface area (Å²) in [7, 11) is 1.50. The van der Waals surface area contributed by atoms with E-state index in [4.69, 9.17) is 0 Å². The van der Waals surface area contributed by atoms with Gasteiger partial charge in [0.25, 0.3) is 17.3 Å². The summed E-state index contributed by atoms with van der Waals surface area (Å²) in [6, 6.07) is 7.20. The largest absolute Gasteiger partial charge is 0.423 e. The van der Waals surface area contributed by atoms with Gasteiger partial charge in [-0.15, -0.1) is 0 Å². The van der Waals surface area contributed by atoms with Crippen LogP contribution >= 0.6 is 0 Å². The fourth-order valence-corrected chi connectivity index (χ4v) is 2.72. The molecule has 2 aromatic rings. The third-order valence-corrected chi connectivity index (χ3v) is 4.29. The van der Waals surface area contributed by atoms with Gasteiger partial charge in [-0.25, -0.2) is 0 Å². The van der Waals surface area contributed by atoms with Crippen molar-refractivity contribution in [1.29, 1.82) is 0 Å². The first kappa shape index (κ1) is 23.5. The minimum atomic E-state index is -5.03. The Labute approximate surface area is 173 Å². The topological polar surface area (TPSA) is 139 Å². The smallest absolute Gasteiger partial charge is 0.378 e. The molecule has 0 radical (unpaired) electrons. The van der Waals surface area contributed by atoms with E-state index < -0.39 is 38.8 Å². The van der Waals surface area contributed by atoms with E-state index in [9.17, 15) is 43.3 Å². The molecule has 0 saturated carbocycles. The molecule has 31 heavy (non-hydrogen) atoms. The van der Waals surface area contributed by atoms with E-state index >= 15 is 0 Å². The SMILES string of the molecule is CN(C[C@](C)(O)C(=O)Nc1ccc([N+](=O)[O-])c(C(F)(F)F)c1)c1ccc([N+](=O)[O-])cc1. The molecular formula is C18H17F3N4O6. The molecule has 166 valence electrons. The number of amides is 1. The number of nitro groups is 2. The zero-order valence-corrected chi connectivity index (χ0v) is 16.2.